The number of alkyl halides is 3. The predicted molar refractivity (Wildman–Crippen MR) is 22.9 cm³/mol. The third-order valence-electron chi connectivity index (χ3n) is 0.429. The lowest BCUT2D eigenvalue weighted by atomic mass is 10.6. The topological polar surface area (TPSA) is 29.3 Å². The van der Waals surface area contributed by atoms with Crippen LogP contribution in [0.3, 0.4) is 0 Å². The lowest BCUT2D eigenvalue weighted by Crippen LogP contribution is -2.35. The minimum absolute atomic E-state index is 0.583. The van der Waals surface area contributed by atoms with Gasteiger partial charge >= 0.3 is 6.18 Å². The van der Waals surface area contributed by atoms with E-state index in [-0.39, 0.29) is 0 Å². The first-order chi connectivity index (χ1) is 3.42. The maximum atomic E-state index is 11.2. The first-order valence-corrected chi connectivity index (χ1v) is 1.94. The zero-order valence-electron chi connectivity index (χ0n) is 4.37. The number of nitrogens with zero attached hydrogens (tertiary/aromatic N) is 1. The summed E-state index contributed by atoms with van der Waals surface area (Å²) in [6, 6.07) is 0. The van der Waals surface area contributed by atoms with Crippen molar-refractivity contribution in [3.8, 4) is 0 Å². The number of halogens is 3. The molecule has 0 fully saturated rings. The number of hydrogen-bond donors (Lipinski definition) is 1. The molecule has 0 aromatic heterocycles. The molecule has 0 saturated carbocycles. The first-order valence-electron chi connectivity index (χ1n) is 1.94. The van der Waals surface area contributed by atoms with Gasteiger partial charge < -0.3 is 0 Å². The fourth-order valence-corrected chi connectivity index (χ4v) is 0.283. The van der Waals surface area contributed by atoms with E-state index in [0.29, 0.717) is 5.01 Å². The largest absolute Gasteiger partial charge is 0.402 e. The molecule has 2 N–H and O–H groups in total. The van der Waals surface area contributed by atoms with E-state index in [0.717, 1.165) is 7.05 Å². The predicted octanol–water partition coefficient (Wildman–Crippen LogP) is 0.354. The standard InChI is InChI=1S/C3H7F3N2/c1-8(7)2-3(4,5)6/h2,7H2,1H3. The molecule has 50 valence electrons. The van der Waals surface area contributed by atoms with Crippen molar-refractivity contribution in [2.45, 2.75) is 6.18 Å². The molecule has 0 aliphatic carbocycles. The summed E-state index contributed by atoms with van der Waals surface area (Å²) in [6.45, 7) is -1.06. The van der Waals surface area contributed by atoms with Crippen LogP contribution in [0, 0.1) is 0 Å². The molecule has 0 atom stereocenters. The minimum Gasteiger partial charge on any atom is -0.269 e. The summed E-state index contributed by atoms with van der Waals surface area (Å²) in [5, 5.41) is 0.583. The molecule has 0 saturated heterocycles. The molecule has 2 nitrogen and oxygen atoms in total. The van der Waals surface area contributed by atoms with Crippen molar-refractivity contribution < 1.29 is 13.2 Å². The van der Waals surface area contributed by atoms with Gasteiger partial charge in [-0.1, -0.05) is 0 Å². The van der Waals surface area contributed by atoms with Crippen LogP contribution in [0.2, 0.25) is 0 Å². The highest BCUT2D eigenvalue weighted by atomic mass is 19.4. The van der Waals surface area contributed by atoms with Crippen LogP contribution >= 0.6 is 0 Å². The van der Waals surface area contributed by atoms with E-state index in [4.69, 9.17) is 5.84 Å². The Hall–Kier alpha value is -0.290. The van der Waals surface area contributed by atoms with Gasteiger partial charge in [0, 0.05) is 7.05 Å². The highest BCUT2D eigenvalue weighted by molar-refractivity contribution is 4.50. The van der Waals surface area contributed by atoms with E-state index in [1.807, 2.05) is 0 Å². The highest BCUT2D eigenvalue weighted by Gasteiger charge is 2.27. The number of nitrogens with two attached hydrogens (primary N) is 1. The van der Waals surface area contributed by atoms with Crippen LogP contribution in [0.25, 0.3) is 0 Å². The highest BCUT2D eigenvalue weighted by Crippen LogP contribution is 2.13. The van der Waals surface area contributed by atoms with Crippen molar-refractivity contribution in [3.05, 3.63) is 0 Å². The van der Waals surface area contributed by atoms with Gasteiger partial charge in [0.15, 0.2) is 0 Å². The zero-order chi connectivity index (χ0) is 6.78. The van der Waals surface area contributed by atoms with E-state index in [9.17, 15) is 13.2 Å². The quantitative estimate of drug-likeness (QED) is 0.408. The molecular formula is C3H7F3N2. The van der Waals surface area contributed by atoms with E-state index in [1.165, 1.54) is 0 Å². The molecule has 0 aromatic rings. The Labute approximate surface area is 45.0 Å². The van der Waals surface area contributed by atoms with Gasteiger partial charge in [0.25, 0.3) is 0 Å². The molecule has 0 rings (SSSR count). The van der Waals surface area contributed by atoms with Crippen LogP contribution in [0.4, 0.5) is 13.2 Å². The molecule has 0 aliphatic heterocycles. The number of hydrogen-bond acceptors (Lipinski definition) is 2. The lowest BCUT2D eigenvalue weighted by Gasteiger charge is -2.11. The average Bonchev–Trinajstić information content (AvgIpc) is 1.21. The van der Waals surface area contributed by atoms with Gasteiger partial charge in [0.1, 0.15) is 6.54 Å². The average molecular weight is 128 g/mol. The molecule has 0 bridgehead atoms. The Morgan fingerprint density at radius 2 is 1.88 bits per heavy atom. The second-order valence-electron chi connectivity index (χ2n) is 1.53. The molecule has 8 heavy (non-hydrogen) atoms. The van der Waals surface area contributed by atoms with Gasteiger partial charge in [-0.3, -0.25) is 5.84 Å². The van der Waals surface area contributed by atoms with E-state index < -0.39 is 12.7 Å². The molecule has 0 radical (unpaired) electrons. The second kappa shape index (κ2) is 2.32. The van der Waals surface area contributed by atoms with Crippen molar-refractivity contribution >= 4 is 0 Å². The summed E-state index contributed by atoms with van der Waals surface area (Å²) >= 11 is 0. The second-order valence-corrected chi connectivity index (χ2v) is 1.53. The van der Waals surface area contributed by atoms with Gasteiger partial charge in [-0.05, 0) is 0 Å². The van der Waals surface area contributed by atoms with E-state index in [1.54, 1.807) is 0 Å². The van der Waals surface area contributed by atoms with Gasteiger partial charge in [0.2, 0.25) is 0 Å². The van der Waals surface area contributed by atoms with Crippen LogP contribution < -0.4 is 5.84 Å². The molecule has 0 amide bonds. The lowest BCUT2D eigenvalue weighted by molar-refractivity contribution is -0.143. The summed E-state index contributed by atoms with van der Waals surface area (Å²) in [4.78, 5) is 0. The molecule has 5 heteroatoms. The Bertz CT molecular complexity index is 67.4. The van der Waals surface area contributed by atoms with Crippen LogP contribution in [0.1, 0.15) is 0 Å². The number of hydrazine groups is 1. The normalized spacial score (nSPS) is 12.8. The maximum absolute atomic E-state index is 11.2. The van der Waals surface area contributed by atoms with Crippen molar-refractivity contribution in [3.63, 3.8) is 0 Å². The fourth-order valence-electron chi connectivity index (χ4n) is 0.283. The van der Waals surface area contributed by atoms with Gasteiger partial charge in [-0.25, -0.2) is 5.01 Å². The molecule has 0 aromatic carbocycles. The van der Waals surface area contributed by atoms with Crippen molar-refractivity contribution in [2.24, 2.45) is 5.84 Å². The molecule has 0 aliphatic rings. The molecule has 0 heterocycles. The first kappa shape index (κ1) is 7.71. The molecule has 0 unspecified atom stereocenters. The van der Waals surface area contributed by atoms with Crippen molar-refractivity contribution in [1.82, 2.24) is 5.01 Å². The minimum atomic E-state index is -4.18. The summed E-state index contributed by atoms with van der Waals surface area (Å²) < 4.78 is 33.6. The molecule has 0 spiro atoms. The van der Waals surface area contributed by atoms with Gasteiger partial charge in [-0.2, -0.15) is 13.2 Å². The summed E-state index contributed by atoms with van der Waals surface area (Å²) in [5.41, 5.74) is 0. The maximum Gasteiger partial charge on any atom is 0.402 e. The third-order valence-corrected chi connectivity index (χ3v) is 0.429. The van der Waals surface area contributed by atoms with Crippen LogP contribution in [-0.4, -0.2) is 24.8 Å². The Kier molecular flexibility index (Phi) is 2.24. The Balaban J connectivity index is 3.39. The monoisotopic (exact) mass is 128 g/mol. The summed E-state index contributed by atoms with van der Waals surface area (Å²) in [6.07, 6.45) is -4.18. The van der Waals surface area contributed by atoms with Gasteiger partial charge in [0.05, 0.1) is 0 Å². The number of rotatable bonds is 1. The SMILES string of the molecule is CN(N)CC(F)(F)F. The summed E-state index contributed by atoms with van der Waals surface area (Å²) in [7, 11) is 1.16. The van der Waals surface area contributed by atoms with Crippen LogP contribution in [0.15, 0.2) is 0 Å². The van der Waals surface area contributed by atoms with E-state index in [2.05, 4.69) is 0 Å². The zero-order valence-corrected chi connectivity index (χ0v) is 4.37. The fraction of sp³-hybridized carbons (Fsp3) is 1.00. The van der Waals surface area contributed by atoms with Crippen LogP contribution in [0.5, 0.6) is 0 Å². The Morgan fingerprint density at radius 3 is 1.88 bits per heavy atom. The third kappa shape index (κ3) is 5.71. The van der Waals surface area contributed by atoms with Gasteiger partial charge in [-0.15, -0.1) is 0 Å². The van der Waals surface area contributed by atoms with E-state index >= 15 is 0 Å². The van der Waals surface area contributed by atoms with Crippen molar-refractivity contribution in [1.29, 1.82) is 0 Å². The van der Waals surface area contributed by atoms with Crippen LogP contribution in [-0.2, 0) is 0 Å². The smallest absolute Gasteiger partial charge is 0.269 e. The molecular weight excluding hydrogens is 121 g/mol. The Morgan fingerprint density at radius 1 is 1.50 bits per heavy atom. The van der Waals surface area contributed by atoms with Crippen molar-refractivity contribution in [2.75, 3.05) is 13.6 Å². The summed E-state index contributed by atoms with van der Waals surface area (Å²) in [5.74, 6) is 4.69.